The predicted octanol–water partition coefficient (Wildman–Crippen LogP) is 6.05. The molecule has 1 saturated carbocycles. The molecule has 2 atom stereocenters. The molecule has 1 aliphatic heterocycles. The predicted molar refractivity (Wildman–Crippen MR) is 157 cm³/mol. The summed E-state index contributed by atoms with van der Waals surface area (Å²) in [6.07, 6.45) is 3.38. The number of nitrogens with one attached hydrogen (secondary N) is 1. The van der Waals surface area contributed by atoms with Crippen molar-refractivity contribution in [3.05, 3.63) is 82.9 Å². The molecule has 2 amide bonds. The lowest BCUT2D eigenvalue weighted by Gasteiger charge is -2.38. The van der Waals surface area contributed by atoms with Crippen LogP contribution in [0.5, 0.6) is 5.75 Å². The second-order valence-corrected chi connectivity index (χ2v) is 12.1. The number of hydrogen-bond donors (Lipinski definition) is 2. The zero-order chi connectivity index (χ0) is 29.3. The van der Waals surface area contributed by atoms with E-state index in [1.807, 2.05) is 42.3 Å². The second kappa shape index (κ2) is 12.4. The van der Waals surface area contributed by atoms with Gasteiger partial charge in [-0.2, -0.15) is 0 Å². The van der Waals surface area contributed by atoms with Crippen molar-refractivity contribution in [1.82, 2.24) is 10.2 Å². The number of methoxy groups -OCH3 is 1. The highest BCUT2D eigenvalue weighted by atomic mass is 35.5. The molecule has 1 fully saturated rings. The first-order chi connectivity index (χ1) is 19.7. The first kappa shape index (κ1) is 29.4. The van der Waals surface area contributed by atoms with Crippen molar-refractivity contribution in [3.8, 4) is 16.9 Å². The average molecular weight is 600 g/mol. The van der Waals surface area contributed by atoms with Crippen LogP contribution in [0.25, 0.3) is 11.1 Å². The number of nitrogens with two attached hydrogens (primary N) is 1. The average Bonchev–Trinajstić information content (AvgIpc) is 3.35. The number of nitrogens with zero attached hydrogens (tertiary/aromatic N) is 1. The van der Waals surface area contributed by atoms with Crippen LogP contribution in [0, 0.1) is 11.6 Å². The lowest BCUT2D eigenvalue weighted by Crippen LogP contribution is -2.47. The third-order valence-electron chi connectivity index (χ3n) is 8.08. The van der Waals surface area contributed by atoms with Gasteiger partial charge in [0, 0.05) is 35.3 Å². The maximum Gasteiger partial charge on any atom is 0.248 e. The molecule has 10 heteroatoms. The number of primary amides is 1. The third kappa shape index (κ3) is 5.94. The second-order valence-electron chi connectivity index (χ2n) is 10.4. The number of hydrogen-bond acceptors (Lipinski definition) is 5. The van der Waals surface area contributed by atoms with Crippen molar-refractivity contribution in [2.75, 3.05) is 14.2 Å². The van der Waals surface area contributed by atoms with E-state index in [0.29, 0.717) is 17.4 Å². The minimum absolute atomic E-state index is 0.0489. The van der Waals surface area contributed by atoms with Gasteiger partial charge in [-0.05, 0) is 80.3 Å². The SMILES string of the molecule is CN[C@H]1CC[C@H](N(Cc2cc(-c3ccc(C(N)=O)cc3)ccc2OC)C(=O)C2Sc3c(F)ccc(F)c3C2Cl)CC1. The summed E-state index contributed by atoms with van der Waals surface area (Å²) in [6.45, 7) is 0.242. The zero-order valence-corrected chi connectivity index (χ0v) is 24.4. The summed E-state index contributed by atoms with van der Waals surface area (Å²) in [5.41, 5.74) is 8.40. The van der Waals surface area contributed by atoms with Crippen molar-refractivity contribution < 1.29 is 23.1 Å². The molecule has 3 aromatic rings. The lowest BCUT2D eigenvalue weighted by molar-refractivity contribution is -0.134. The van der Waals surface area contributed by atoms with Crippen LogP contribution in [0.2, 0.25) is 0 Å². The first-order valence-electron chi connectivity index (χ1n) is 13.5. The topological polar surface area (TPSA) is 84.7 Å². The van der Waals surface area contributed by atoms with Crippen LogP contribution < -0.4 is 15.8 Å². The summed E-state index contributed by atoms with van der Waals surface area (Å²) in [7, 11) is 3.52. The van der Waals surface area contributed by atoms with Gasteiger partial charge in [0.25, 0.3) is 0 Å². The standard InChI is InChI=1S/C31H32ClF2N3O3S/c1-36-21-8-10-22(11-9-21)37(31(39)29-27(32)26-23(33)12-13-24(34)28(26)41-29)16-20-15-19(7-14-25(20)40-2)17-3-5-18(6-4-17)30(35)38/h3-7,12-15,21-22,27,29,36H,8-11,16H2,1-2H3,(H2,35,38)/t21-,22-,27?,29?. The molecule has 0 saturated heterocycles. The summed E-state index contributed by atoms with van der Waals surface area (Å²) in [5, 5.41) is 1.46. The van der Waals surface area contributed by atoms with E-state index < -0.39 is 28.2 Å². The van der Waals surface area contributed by atoms with Crippen LogP contribution in [-0.2, 0) is 11.3 Å². The van der Waals surface area contributed by atoms with Gasteiger partial charge in [0.2, 0.25) is 11.8 Å². The van der Waals surface area contributed by atoms with Crippen LogP contribution in [-0.4, -0.2) is 48.2 Å². The Labute approximate surface area is 247 Å². The van der Waals surface area contributed by atoms with Crippen molar-refractivity contribution in [2.24, 2.45) is 5.73 Å². The fraction of sp³-hybridized carbons (Fsp3) is 0.355. The molecule has 0 radical (unpaired) electrons. The highest BCUT2D eigenvalue weighted by Gasteiger charge is 2.44. The molecule has 41 heavy (non-hydrogen) atoms. The summed E-state index contributed by atoms with van der Waals surface area (Å²) in [6, 6.07) is 15.1. The Hall–Kier alpha value is -3.14. The quantitative estimate of drug-likeness (QED) is 0.308. The van der Waals surface area contributed by atoms with Gasteiger partial charge in [0.1, 0.15) is 22.6 Å². The fourth-order valence-corrected chi connectivity index (χ4v) is 7.58. The molecular weight excluding hydrogens is 568 g/mol. The molecule has 1 heterocycles. The van der Waals surface area contributed by atoms with E-state index >= 15 is 0 Å². The molecule has 216 valence electrons. The van der Waals surface area contributed by atoms with E-state index in [9.17, 15) is 18.4 Å². The smallest absolute Gasteiger partial charge is 0.248 e. The maximum atomic E-state index is 14.7. The Morgan fingerprint density at radius 1 is 1.02 bits per heavy atom. The van der Waals surface area contributed by atoms with Crippen LogP contribution in [0.4, 0.5) is 8.78 Å². The zero-order valence-electron chi connectivity index (χ0n) is 22.8. The molecule has 3 N–H and O–H groups in total. The number of benzene rings is 3. The van der Waals surface area contributed by atoms with Crippen LogP contribution >= 0.6 is 23.4 Å². The van der Waals surface area contributed by atoms with Gasteiger partial charge in [0.15, 0.2) is 0 Å². The van der Waals surface area contributed by atoms with Gasteiger partial charge in [-0.1, -0.05) is 18.2 Å². The molecule has 5 rings (SSSR count). The summed E-state index contributed by atoms with van der Waals surface area (Å²) in [5.74, 6) is -1.33. The van der Waals surface area contributed by atoms with Gasteiger partial charge < -0.3 is 20.7 Å². The van der Waals surface area contributed by atoms with Crippen molar-refractivity contribution in [2.45, 2.75) is 59.8 Å². The third-order valence-corrected chi connectivity index (χ3v) is 10.1. The number of fused-ring (bicyclic) bond motifs is 1. The van der Waals surface area contributed by atoms with Crippen LogP contribution in [0.15, 0.2) is 59.5 Å². The Balaban J connectivity index is 1.48. The van der Waals surface area contributed by atoms with E-state index in [2.05, 4.69) is 5.32 Å². The number of carbonyl (C=O) groups excluding carboxylic acids is 2. The van der Waals surface area contributed by atoms with Gasteiger partial charge in [-0.3, -0.25) is 9.59 Å². The van der Waals surface area contributed by atoms with E-state index in [1.165, 1.54) is 0 Å². The van der Waals surface area contributed by atoms with E-state index in [1.54, 1.807) is 19.2 Å². The van der Waals surface area contributed by atoms with Crippen molar-refractivity contribution in [1.29, 1.82) is 0 Å². The molecule has 2 unspecified atom stereocenters. The van der Waals surface area contributed by atoms with Gasteiger partial charge in [-0.15, -0.1) is 23.4 Å². The monoisotopic (exact) mass is 599 g/mol. The first-order valence-corrected chi connectivity index (χ1v) is 14.9. The van der Waals surface area contributed by atoms with Crippen LogP contribution in [0.1, 0.15) is 52.5 Å². The number of rotatable bonds is 8. The molecule has 1 aliphatic carbocycles. The molecule has 0 spiro atoms. The van der Waals surface area contributed by atoms with E-state index in [4.69, 9.17) is 22.1 Å². The number of halogens is 3. The minimum atomic E-state index is -0.994. The Morgan fingerprint density at radius 3 is 2.29 bits per heavy atom. The minimum Gasteiger partial charge on any atom is -0.496 e. The number of alkyl halides is 1. The Bertz CT molecular complexity index is 1450. The van der Waals surface area contributed by atoms with Gasteiger partial charge >= 0.3 is 0 Å². The number of carbonyl (C=O) groups is 2. The normalized spacial score (nSPS) is 21.8. The van der Waals surface area contributed by atoms with Crippen molar-refractivity contribution >= 4 is 35.2 Å². The molecule has 6 nitrogen and oxygen atoms in total. The number of amides is 2. The summed E-state index contributed by atoms with van der Waals surface area (Å²) >= 11 is 7.66. The van der Waals surface area contributed by atoms with E-state index in [0.717, 1.165) is 66.3 Å². The highest BCUT2D eigenvalue weighted by Crippen LogP contribution is 2.51. The fourth-order valence-electron chi connectivity index (χ4n) is 5.76. The number of thioether (sulfide) groups is 1. The lowest BCUT2D eigenvalue weighted by atomic mass is 9.89. The number of ether oxygens (including phenoxy) is 1. The Morgan fingerprint density at radius 2 is 1.68 bits per heavy atom. The molecule has 3 aromatic carbocycles. The van der Waals surface area contributed by atoms with E-state index in [-0.39, 0.29) is 29.0 Å². The maximum absolute atomic E-state index is 14.7. The Kier molecular flexibility index (Phi) is 8.87. The molecule has 0 aromatic heterocycles. The van der Waals surface area contributed by atoms with Gasteiger partial charge in [0.05, 0.1) is 17.4 Å². The van der Waals surface area contributed by atoms with Crippen LogP contribution in [0.3, 0.4) is 0 Å². The molecular formula is C31H32ClF2N3O3S. The summed E-state index contributed by atoms with van der Waals surface area (Å²) in [4.78, 5) is 27.7. The molecule has 0 bridgehead atoms. The van der Waals surface area contributed by atoms with Gasteiger partial charge in [-0.25, -0.2) is 8.78 Å². The highest BCUT2D eigenvalue weighted by molar-refractivity contribution is 8.01. The largest absolute Gasteiger partial charge is 0.496 e. The molecule has 2 aliphatic rings. The van der Waals surface area contributed by atoms with Crippen molar-refractivity contribution in [3.63, 3.8) is 0 Å². The summed E-state index contributed by atoms with van der Waals surface area (Å²) < 4.78 is 35.0.